The van der Waals surface area contributed by atoms with Gasteiger partial charge in [-0.2, -0.15) is 23.5 Å². The van der Waals surface area contributed by atoms with Crippen LogP contribution in [0.15, 0.2) is 79.0 Å². The van der Waals surface area contributed by atoms with E-state index in [-0.39, 0.29) is 29.3 Å². The van der Waals surface area contributed by atoms with Crippen LogP contribution < -0.4 is 11.1 Å². The number of aromatic nitrogens is 3. The summed E-state index contributed by atoms with van der Waals surface area (Å²) in [5.41, 5.74) is 6.04. The van der Waals surface area contributed by atoms with Crippen molar-refractivity contribution in [3.05, 3.63) is 113 Å². The molecule has 0 bridgehead atoms. The van der Waals surface area contributed by atoms with Crippen molar-refractivity contribution in [1.29, 1.82) is 5.26 Å². The number of nitrogen functional groups attached to an aromatic ring is 1. The third-order valence-corrected chi connectivity index (χ3v) is 7.67. The minimum absolute atomic E-state index is 0.135. The van der Waals surface area contributed by atoms with Crippen molar-refractivity contribution in [1.82, 2.24) is 19.7 Å². The molecule has 2 aromatic heterocycles. The molecule has 1 aliphatic rings. The fourth-order valence-corrected chi connectivity index (χ4v) is 5.32. The van der Waals surface area contributed by atoms with E-state index in [1.165, 1.54) is 30.5 Å². The molecule has 1 saturated carbocycles. The summed E-state index contributed by atoms with van der Waals surface area (Å²) in [5.74, 6) is -1.61. The van der Waals surface area contributed by atoms with E-state index in [1.807, 2.05) is 13.1 Å². The van der Waals surface area contributed by atoms with Crippen LogP contribution in [0, 0.1) is 17.1 Å². The van der Waals surface area contributed by atoms with Gasteiger partial charge in [0.2, 0.25) is 0 Å². The molecule has 222 valence electrons. The standard InChI is InChI=1S/C32H25F4N7O/c1-42(22-8-9-22)29(20-4-2-3-18(13-20)17-37)21-6-10-25(33)26(14-21)40-31(44)27-16-28(32(34,35)36)41-43(27)23-7-5-19-11-12-39-30(38)24(19)15-23/h2-7,10-16,22,29H,8-9H2,1H3,(H2,38,39)(H,40,44). The lowest BCUT2D eigenvalue weighted by atomic mass is 9.95. The lowest BCUT2D eigenvalue weighted by Crippen LogP contribution is -2.28. The zero-order valence-corrected chi connectivity index (χ0v) is 23.3. The smallest absolute Gasteiger partial charge is 0.383 e. The van der Waals surface area contributed by atoms with Gasteiger partial charge in [-0.1, -0.05) is 24.3 Å². The molecule has 1 atom stereocenters. The number of nitrogens with zero attached hydrogens (tertiary/aromatic N) is 5. The number of halogens is 4. The number of benzene rings is 3. The summed E-state index contributed by atoms with van der Waals surface area (Å²) in [4.78, 5) is 19.7. The highest BCUT2D eigenvalue weighted by Crippen LogP contribution is 2.38. The number of nitriles is 1. The predicted molar refractivity (Wildman–Crippen MR) is 156 cm³/mol. The molecule has 1 amide bonds. The Hall–Kier alpha value is -5.28. The molecule has 0 aliphatic heterocycles. The van der Waals surface area contributed by atoms with Crippen molar-refractivity contribution in [2.75, 3.05) is 18.1 Å². The summed E-state index contributed by atoms with van der Waals surface area (Å²) in [5, 5.41) is 16.7. The topological polar surface area (TPSA) is 113 Å². The molecular formula is C32H25F4N7O. The number of nitrogens with two attached hydrogens (primary N) is 1. The summed E-state index contributed by atoms with van der Waals surface area (Å²) in [6, 6.07) is 20.3. The number of rotatable bonds is 7. The number of amides is 1. The molecule has 12 heteroatoms. The average Bonchev–Trinajstić information content (AvgIpc) is 3.75. The van der Waals surface area contributed by atoms with Crippen LogP contribution in [0.2, 0.25) is 0 Å². The molecule has 0 radical (unpaired) electrons. The number of anilines is 2. The van der Waals surface area contributed by atoms with E-state index in [4.69, 9.17) is 5.73 Å². The first-order valence-corrected chi connectivity index (χ1v) is 13.7. The number of alkyl halides is 3. The fraction of sp³-hybridized carbons (Fsp3) is 0.188. The quantitative estimate of drug-likeness (QED) is 0.208. The second kappa shape index (κ2) is 11.1. The summed E-state index contributed by atoms with van der Waals surface area (Å²) >= 11 is 0. The number of hydrogen-bond donors (Lipinski definition) is 2. The molecule has 3 N–H and O–H groups in total. The molecule has 1 fully saturated rings. The van der Waals surface area contributed by atoms with Gasteiger partial charge in [0.15, 0.2) is 5.69 Å². The van der Waals surface area contributed by atoms with Gasteiger partial charge in [-0.25, -0.2) is 14.1 Å². The van der Waals surface area contributed by atoms with Gasteiger partial charge >= 0.3 is 6.18 Å². The Kier molecular flexibility index (Phi) is 7.26. The number of pyridine rings is 1. The van der Waals surface area contributed by atoms with E-state index in [9.17, 15) is 23.2 Å². The van der Waals surface area contributed by atoms with Crippen molar-refractivity contribution in [2.24, 2.45) is 0 Å². The van der Waals surface area contributed by atoms with Crippen molar-refractivity contribution in [3.63, 3.8) is 0 Å². The Bertz CT molecular complexity index is 1940. The maximum absolute atomic E-state index is 15.1. The summed E-state index contributed by atoms with van der Waals surface area (Å²) in [7, 11) is 1.94. The molecule has 1 aliphatic carbocycles. The summed E-state index contributed by atoms with van der Waals surface area (Å²) in [6.45, 7) is 0. The number of carbonyl (C=O) groups is 1. The second-order valence-electron chi connectivity index (χ2n) is 10.7. The van der Waals surface area contributed by atoms with E-state index in [2.05, 4.69) is 26.4 Å². The Morgan fingerprint density at radius 1 is 1.09 bits per heavy atom. The van der Waals surface area contributed by atoms with E-state index >= 15 is 4.39 Å². The van der Waals surface area contributed by atoms with Gasteiger partial charge in [0.25, 0.3) is 5.91 Å². The molecule has 5 aromatic rings. The average molecular weight is 600 g/mol. The zero-order valence-electron chi connectivity index (χ0n) is 23.3. The first-order chi connectivity index (χ1) is 21.0. The highest BCUT2D eigenvalue weighted by molar-refractivity contribution is 6.04. The van der Waals surface area contributed by atoms with E-state index < -0.39 is 29.3 Å². The molecule has 44 heavy (non-hydrogen) atoms. The van der Waals surface area contributed by atoms with E-state index in [0.29, 0.717) is 28.0 Å². The van der Waals surface area contributed by atoms with E-state index in [1.54, 1.807) is 36.4 Å². The van der Waals surface area contributed by atoms with Crippen LogP contribution in [0.1, 0.15) is 51.8 Å². The minimum Gasteiger partial charge on any atom is -0.383 e. The van der Waals surface area contributed by atoms with Crippen molar-refractivity contribution >= 4 is 28.2 Å². The SMILES string of the molecule is CN(C1CC1)C(c1cccc(C#N)c1)c1ccc(F)c(NC(=O)c2cc(C(F)(F)F)nn2-c2ccc3ccnc(N)c3c2)c1. The number of nitrogens with one attached hydrogen (secondary N) is 1. The molecular weight excluding hydrogens is 574 g/mol. The van der Waals surface area contributed by atoms with Crippen LogP contribution in [0.4, 0.5) is 29.1 Å². The summed E-state index contributed by atoms with van der Waals surface area (Å²) < 4.78 is 57.2. The highest BCUT2D eigenvalue weighted by atomic mass is 19.4. The van der Waals surface area contributed by atoms with Crippen LogP contribution in [0.5, 0.6) is 0 Å². The van der Waals surface area contributed by atoms with Crippen molar-refractivity contribution < 1.29 is 22.4 Å². The molecule has 1 unspecified atom stereocenters. The lowest BCUT2D eigenvalue weighted by molar-refractivity contribution is -0.141. The van der Waals surface area contributed by atoms with Crippen LogP contribution in [0.3, 0.4) is 0 Å². The molecule has 0 saturated heterocycles. The Morgan fingerprint density at radius 3 is 2.59 bits per heavy atom. The Labute approximate surface area is 249 Å². The van der Waals surface area contributed by atoms with Gasteiger partial charge in [-0.05, 0) is 78.9 Å². The number of hydrogen-bond acceptors (Lipinski definition) is 6. The molecule has 2 heterocycles. The van der Waals surface area contributed by atoms with Gasteiger partial charge in [0.05, 0.1) is 29.0 Å². The van der Waals surface area contributed by atoms with Crippen molar-refractivity contribution in [2.45, 2.75) is 31.1 Å². The van der Waals surface area contributed by atoms with Gasteiger partial charge in [-0.15, -0.1) is 0 Å². The van der Waals surface area contributed by atoms with E-state index in [0.717, 1.165) is 23.1 Å². The van der Waals surface area contributed by atoms with Gasteiger partial charge < -0.3 is 11.1 Å². The largest absolute Gasteiger partial charge is 0.435 e. The fourth-order valence-electron chi connectivity index (χ4n) is 5.32. The first kappa shape index (κ1) is 28.8. The molecule has 3 aromatic carbocycles. The maximum atomic E-state index is 15.1. The minimum atomic E-state index is -4.85. The Balaban J connectivity index is 1.39. The third kappa shape index (κ3) is 5.57. The monoisotopic (exact) mass is 599 g/mol. The van der Waals surface area contributed by atoms with Crippen LogP contribution >= 0.6 is 0 Å². The summed E-state index contributed by atoms with van der Waals surface area (Å²) in [6.07, 6.45) is -1.38. The lowest BCUT2D eigenvalue weighted by Gasteiger charge is -2.29. The van der Waals surface area contributed by atoms with Gasteiger partial charge in [-0.3, -0.25) is 9.69 Å². The van der Waals surface area contributed by atoms with Crippen LogP contribution in [-0.2, 0) is 6.18 Å². The van der Waals surface area contributed by atoms with Crippen LogP contribution in [-0.4, -0.2) is 38.7 Å². The van der Waals surface area contributed by atoms with Gasteiger partial charge in [0, 0.05) is 23.7 Å². The Morgan fingerprint density at radius 2 is 1.86 bits per heavy atom. The van der Waals surface area contributed by atoms with Gasteiger partial charge in [0.1, 0.15) is 17.3 Å². The predicted octanol–water partition coefficient (Wildman–Crippen LogP) is 6.47. The number of fused-ring (bicyclic) bond motifs is 1. The maximum Gasteiger partial charge on any atom is 0.435 e. The van der Waals surface area contributed by atoms with Crippen LogP contribution in [0.25, 0.3) is 16.5 Å². The zero-order chi connectivity index (χ0) is 31.2. The highest BCUT2D eigenvalue weighted by Gasteiger charge is 2.37. The molecule has 8 nitrogen and oxygen atoms in total. The normalized spacial score (nSPS) is 14.0. The third-order valence-electron chi connectivity index (χ3n) is 7.67. The first-order valence-electron chi connectivity index (χ1n) is 13.7. The van der Waals surface area contributed by atoms with Crippen molar-refractivity contribution in [3.8, 4) is 11.8 Å². The second-order valence-corrected chi connectivity index (χ2v) is 10.7. The molecule has 6 rings (SSSR count). The number of carbonyl (C=O) groups excluding carboxylic acids is 1. The molecule has 0 spiro atoms.